The number of rotatable bonds is 5. The van der Waals surface area contributed by atoms with Gasteiger partial charge in [0.2, 0.25) is 0 Å². The first-order chi connectivity index (χ1) is 9.16. The Morgan fingerprint density at radius 1 is 1.47 bits per heavy atom. The minimum atomic E-state index is -0.403. The van der Waals surface area contributed by atoms with E-state index in [1.165, 1.54) is 12.5 Å². The van der Waals surface area contributed by atoms with Crippen LogP contribution < -0.4 is 5.32 Å². The maximum atomic E-state index is 10.9. The molecule has 6 heteroatoms. The van der Waals surface area contributed by atoms with Crippen LogP contribution in [0.25, 0.3) is 0 Å². The van der Waals surface area contributed by atoms with Crippen LogP contribution in [-0.4, -0.2) is 24.2 Å². The predicted octanol–water partition coefficient (Wildman–Crippen LogP) is 2.91. The van der Waals surface area contributed by atoms with E-state index in [0.717, 1.165) is 26.0 Å². The Kier molecular flexibility index (Phi) is 5.13. The maximum absolute atomic E-state index is 10.9. The summed E-state index contributed by atoms with van der Waals surface area (Å²) in [5, 5.41) is 14.5. The molecule has 1 heterocycles. The molecule has 0 aromatic heterocycles. The second kappa shape index (κ2) is 6.84. The Hall–Kier alpha value is -1.17. The molecule has 1 fully saturated rings. The van der Waals surface area contributed by atoms with E-state index in [9.17, 15) is 10.1 Å². The lowest BCUT2D eigenvalue weighted by Gasteiger charge is -2.22. The minimum Gasteiger partial charge on any atom is -0.377 e. The average Bonchev–Trinajstić information content (AvgIpc) is 2.41. The summed E-state index contributed by atoms with van der Waals surface area (Å²) in [5.41, 5.74) is 0.703. The van der Waals surface area contributed by atoms with Crippen molar-refractivity contribution in [1.82, 2.24) is 5.32 Å². The lowest BCUT2D eigenvalue weighted by Crippen LogP contribution is -2.31. The van der Waals surface area contributed by atoms with E-state index in [1.54, 1.807) is 12.1 Å². The summed E-state index contributed by atoms with van der Waals surface area (Å²) in [6, 6.07) is 4.74. The lowest BCUT2D eigenvalue weighted by molar-refractivity contribution is -0.385. The van der Waals surface area contributed by atoms with Crippen LogP contribution in [0.1, 0.15) is 24.8 Å². The highest BCUT2D eigenvalue weighted by molar-refractivity contribution is 6.30. The van der Waals surface area contributed by atoms with Gasteiger partial charge >= 0.3 is 0 Å². The first-order valence-electron chi connectivity index (χ1n) is 6.42. The quantitative estimate of drug-likeness (QED) is 0.667. The number of nitro groups is 1. The summed E-state index contributed by atoms with van der Waals surface area (Å²) < 4.78 is 5.60. The van der Waals surface area contributed by atoms with Crippen molar-refractivity contribution < 1.29 is 9.66 Å². The molecule has 0 amide bonds. The lowest BCUT2D eigenvalue weighted by atomic mass is 10.1. The molecule has 0 aliphatic carbocycles. The van der Waals surface area contributed by atoms with Gasteiger partial charge in [-0.05, 0) is 31.4 Å². The third-order valence-corrected chi connectivity index (χ3v) is 3.44. The highest BCUT2D eigenvalue weighted by Gasteiger charge is 2.16. The Balaban J connectivity index is 1.89. The third kappa shape index (κ3) is 4.16. The number of nitro benzene ring substituents is 1. The second-order valence-corrected chi connectivity index (χ2v) is 5.09. The highest BCUT2D eigenvalue weighted by Crippen LogP contribution is 2.23. The summed E-state index contributed by atoms with van der Waals surface area (Å²) in [4.78, 5) is 10.5. The number of benzene rings is 1. The van der Waals surface area contributed by atoms with Crippen LogP contribution in [0.4, 0.5) is 5.69 Å². The molecule has 1 N–H and O–H groups in total. The van der Waals surface area contributed by atoms with E-state index >= 15 is 0 Å². The maximum Gasteiger partial charge on any atom is 0.275 e. The van der Waals surface area contributed by atoms with E-state index in [1.807, 2.05) is 0 Å². The fraction of sp³-hybridized carbons (Fsp3) is 0.538. The molecule has 0 spiro atoms. The van der Waals surface area contributed by atoms with Crippen LogP contribution in [0.3, 0.4) is 0 Å². The molecule has 1 aromatic rings. The molecule has 1 aromatic carbocycles. The van der Waals surface area contributed by atoms with Gasteiger partial charge in [0, 0.05) is 36.3 Å². The van der Waals surface area contributed by atoms with Gasteiger partial charge in [-0.2, -0.15) is 0 Å². The summed E-state index contributed by atoms with van der Waals surface area (Å²) >= 11 is 5.77. The zero-order chi connectivity index (χ0) is 13.7. The first kappa shape index (κ1) is 14.2. The number of halogens is 1. The molecule has 1 unspecified atom stereocenters. The van der Waals surface area contributed by atoms with Gasteiger partial charge in [-0.1, -0.05) is 11.6 Å². The number of hydrogen-bond donors (Lipinski definition) is 1. The molecule has 5 nitrogen and oxygen atoms in total. The zero-order valence-corrected chi connectivity index (χ0v) is 11.4. The third-order valence-electron chi connectivity index (χ3n) is 3.21. The molecule has 0 radical (unpaired) electrons. The van der Waals surface area contributed by atoms with Gasteiger partial charge in [0.25, 0.3) is 5.69 Å². The van der Waals surface area contributed by atoms with Crippen molar-refractivity contribution in [2.45, 2.75) is 31.9 Å². The standard InChI is InChI=1S/C13H17ClN2O3/c14-11-5-4-10(13(7-11)16(17)18)8-15-9-12-3-1-2-6-19-12/h4-5,7,12,15H,1-3,6,8-9H2. The predicted molar refractivity (Wildman–Crippen MR) is 73.4 cm³/mol. The number of nitrogens with zero attached hydrogens (tertiary/aromatic N) is 1. The topological polar surface area (TPSA) is 64.4 Å². The van der Waals surface area contributed by atoms with E-state index in [2.05, 4.69) is 5.32 Å². The fourth-order valence-electron chi connectivity index (χ4n) is 2.19. The van der Waals surface area contributed by atoms with Crippen LogP contribution in [-0.2, 0) is 11.3 Å². The number of nitrogens with one attached hydrogen (secondary N) is 1. The Morgan fingerprint density at radius 3 is 3.00 bits per heavy atom. The van der Waals surface area contributed by atoms with Crippen molar-refractivity contribution in [2.75, 3.05) is 13.2 Å². The van der Waals surface area contributed by atoms with Gasteiger partial charge in [-0.25, -0.2) is 0 Å². The molecule has 19 heavy (non-hydrogen) atoms. The van der Waals surface area contributed by atoms with Crippen LogP contribution in [0, 0.1) is 10.1 Å². The molecule has 1 aliphatic rings. The highest BCUT2D eigenvalue weighted by atomic mass is 35.5. The number of hydrogen-bond acceptors (Lipinski definition) is 4. The largest absolute Gasteiger partial charge is 0.377 e. The van der Waals surface area contributed by atoms with Gasteiger partial charge in [0.15, 0.2) is 0 Å². The second-order valence-electron chi connectivity index (χ2n) is 4.65. The summed E-state index contributed by atoms with van der Waals surface area (Å²) in [6.07, 6.45) is 3.59. The van der Waals surface area contributed by atoms with Crippen LogP contribution in [0.15, 0.2) is 18.2 Å². The van der Waals surface area contributed by atoms with Crippen molar-refractivity contribution >= 4 is 17.3 Å². The molecule has 0 saturated carbocycles. The van der Waals surface area contributed by atoms with Gasteiger partial charge < -0.3 is 10.1 Å². The van der Waals surface area contributed by atoms with Crippen molar-refractivity contribution in [1.29, 1.82) is 0 Å². The van der Waals surface area contributed by atoms with E-state index in [-0.39, 0.29) is 11.8 Å². The smallest absolute Gasteiger partial charge is 0.275 e. The normalized spacial score (nSPS) is 19.3. The molecular weight excluding hydrogens is 268 g/mol. The van der Waals surface area contributed by atoms with Gasteiger partial charge in [-0.3, -0.25) is 10.1 Å². The van der Waals surface area contributed by atoms with Gasteiger partial charge in [-0.15, -0.1) is 0 Å². The number of ether oxygens (including phenoxy) is 1. The van der Waals surface area contributed by atoms with Crippen molar-refractivity contribution in [3.63, 3.8) is 0 Å². The molecule has 1 aliphatic heterocycles. The monoisotopic (exact) mass is 284 g/mol. The summed E-state index contributed by atoms with van der Waals surface area (Å²) in [7, 11) is 0. The van der Waals surface area contributed by atoms with E-state index < -0.39 is 4.92 Å². The zero-order valence-electron chi connectivity index (χ0n) is 10.6. The fourth-order valence-corrected chi connectivity index (χ4v) is 2.36. The molecule has 0 bridgehead atoms. The van der Waals surface area contributed by atoms with Crippen molar-refractivity contribution in [3.05, 3.63) is 38.9 Å². The SMILES string of the molecule is O=[N+]([O-])c1cc(Cl)ccc1CNCC1CCCCO1. The molecular formula is C13H17ClN2O3. The molecule has 1 saturated heterocycles. The Bertz CT molecular complexity index is 448. The summed E-state index contributed by atoms with van der Waals surface area (Å²) in [5.74, 6) is 0. The average molecular weight is 285 g/mol. The Labute approximate surface area is 117 Å². The van der Waals surface area contributed by atoms with E-state index in [4.69, 9.17) is 16.3 Å². The van der Waals surface area contributed by atoms with Gasteiger partial charge in [0.05, 0.1) is 11.0 Å². The molecule has 1 atom stereocenters. The van der Waals surface area contributed by atoms with Crippen molar-refractivity contribution in [3.8, 4) is 0 Å². The first-order valence-corrected chi connectivity index (χ1v) is 6.80. The Morgan fingerprint density at radius 2 is 2.32 bits per heavy atom. The van der Waals surface area contributed by atoms with Crippen LogP contribution in [0.5, 0.6) is 0 Å². The van der Waals surface area contributed by atoms with Crippen molar-refractivity contribution in [2.24, 2.45) is 0 Å². The van der Waals surface area contributed by atoms with Crippen LogP contribution in [0.2, 0.25) is 5.02 Å². The molecule has 2 rings (SSSR count). The van der Waals surface area contributed by atoms with E-state index in [0.29, 0.717) is 17.1 Å². The molecule has 104 valence electrons. The van der Waals surface area contributed by atoms with Gasteiger partial charge in [0.1, 0.15) is 0 Å². The minimum absolute atomic E-state index is 0.0598. The summed E-state index contributed by atoms with van der Waals surface area (Å²) in [6.45, 7) is 1.99. The van der Waals surface area contributed by atoms with Crippen LogP contribution >= 0.6 is 11.6 Å².